The zero-order chi connectivity index (χ0) is 19.4. The minimum Gasteiger partial charge on any atom is -0.353 e. The van der Waals surface area contributed by atoms with Gasteiger partial charge in [0.25, 0.3) is 5.91 Å². The average molecular weight is 366 g/mol. The molecule has 0 bridgehead atoms. The highest BCUT2D eigenvalue weighted by molar-refractivity contribution is 6.03. The molecule has 0 saturated carbocycles. The number of nitrogens with zero attached hydrogens (tertiary/aromatic N) is 3. The molecule has 2 aromatic rings. The molecule has 0 saturated heterocycles. The van der Waals surface area contributed by atoms with E-state index in [4.69, 9.17) is 5.41 Å². The lowest BCUT2D eigenvalue weighted by molar-refractivity contribution is 0.102. The van der Waals surface area contributed by atoms with Crippen LogP contribution >= 0.6 is 0 Å². The molecule has 0 aromatic carbocycles. The van der Waals surface area contributed by atoms with Crippen molar-refractivity contribution >= 4 is 17.6 Å². The fourth-order valence-corrected chi connectivity index (χ4v) is 3.23. The molecule has 7 nitrogen and oxygen atoms in total. The number of hydrogen-bond donors (Lipinski definition) is 3. The van der Waals surface area contributed by atoms with Gasteiger partial charge in [0.1, 0.15) is 23.0 Å². The lowest BCUT2D eigenvalue weighted by atomic mass is 10.0. The molecule has 7 heteroatoms. The Kier molecular flexibility index (Phi) is 5.81. The van der Waals surface area contributed by atoms with Crippen LogP contribution in [0.3, 0.4) is 0 Å². The highest BCUT2D eigenvalue weighted by Gasteiger charge is 2.17. The van der Waals surface area contributed by atoms with E-state index in [2.05, 4.69) is 20.6 Å². The van der Waals surface area contributed by atoms with E-state index in [1.807, 2.05) is 31.7 Å². The summed E-state index contributed by atoms with van der Waals surface area (Å²) in [5, 5.41) is 14.5. The molecule has 0 unspecified atom stereocenters. The Balaban J connectivity index is 1.76. The van der Waals surface area contributed by atoms with Gasteiger partial charge in [0, 0.05) is 25.3 Å². The van der Waals surface area contributed by atoms with E-state index in [1.165, 1.54) is 5.56 Å². The summed E-state index contributed by atoms with van der Waals surface area (Å²) in [6, 6.07) is 7.34. The van der Waals surface area contributed by atoms with Gasteiger partial charge in [0.15, 0.2) is 0 Å². The number of carbonyl (C=O) groups is 1. The molecule has 27 heavy (non-hydrogen) atoms. The number of rotatable bonds is 5. The van der Waals surface area contributed by atoms with Crippen molar-refractivity contribution in [2.24, 2.45) is 0 Å². The number of amidine groups is 1. The van der Waals surface area contributed by atoms with Crippen molar-refractivity contribution in [1.82, 2.24) is 20.2 Å². The van der Waals surface area contributed by atoms with E-state index in [1.54, 1.807) is 24.4 Å². The fourth-order valence-electron chi connectivity index (χ4n) is 3.23. The number of anilines is 1. The number of aromatic nitrogens is 2. The van der Waals surface area contributed by atoms with Gasteiger partial charge in [-0.2, -0.15) is 0 Å². The van der Waals surface area contributed by atoms with Crippen LogP contribution in [0.5, 0.6) is 0 Å². The zero-order valence-corrected chi connectivity index (χ0v) is 16.0. The molecule has 1 aliphatic rings. The van der Waals surface area contributed by atoms with Gasteiger partial charge >= 0.3 is 0 Å². The molecule has 1 aliphatic heterocycles. The van der Waals surface area contributed by atoms with Crippen molar-refractivity contribution in [3.63, 3.8) is 0 Å². The van der Waals surface area contributed by atoms with Crippen molar-refractivity contribution < 1.29 is 4.79 Å². The Hall–Kier alpha value is -2.80. The Morgan fingerprint density at radius 2 is 2.15 bits per heavy atom. The number of amides is 1. The maximum atomic E-state index is 12.6. The predicted molar refractivity (Wildman–Crippen MR) is 106 cm³/mol. The summed E-state index contributed by atoms with van der Waals surface area (Å²) in [5.74, 6) is 0.469. The topological polar surface area (TPSA) is 94.0 Å². The van der Waals surface area contributed by atoms with Crippen LogP contribution in [0.1, 0.15) is 48.1 Å². The van der Waals surface area contributed by atoms with E-state index in [-0.39, 0.29) is 11.9 Å². The van der Waals surface area contributed by atoms with Crippen molar-refractivity contribution in [1.29, 1.82) is 5.41 Å². The molecule has 0 radical (unpaired) electrons. The molecular formula is C20H26N6O. The molecular weight excluding hydrogens is 340 g/mol. The van der Waals surface area contributed by atoms with E-state index in [0.717, 1.165) is 31.6 Å². The number of hydrogen-bond acceptors (Lipinski definition) is 5. The van der Waals surface area contributed by atoms with E-state index < -0.39 is 0 Å². The van der Waals surface area contributed by atoms with Crippen molar-refractivity contribution in [2.45, 2.75) is 39.8 Å². The van der Waals surface area contributed by atoms with Crippen molar-refractivity contribution in [3.8, 4) is 0 Å². The first kappa shape index (κ1) is 19.0. The third-order valence-electron chi connectivity index (χ3n) is 4.69. The fraction of sp³-hybridized carbons (Fsp3) is 0.400. The van der Waals surface area contributed by atoms with Crippen molar-refractivity contribution in [2.75, 3.05) is 18.4 Å². The van der Waals surface area contributed by atoms with Crippen molar-refractivity contribution in [3.05, 3.63) is 53.0 Å². The van der Waals surface area contributed by atoms with Gasteiger partial charge in [-0.3, -0.25) is 15.2 Å². The standard InChI is InChI=1S/C20H26N6O/c1-4-26(13(2)3)19(21)16-6-5-7-18(24-16)25-20(27)17-10-15-11-22-9-8-14(15)12-23-17/h5-7,10,12-13,21-22H,4,8-9,11H2,1-3H3,(H,24,25,27). The molecule has 3 heterocycles. The molecule has 3 N–H and O–H groups in total. The van der Waals surface area contributed by atoms with Crippen LogP contribution in [0.15, 0.2) is 30.5 Å². The van der Waals surface area contributed by atoms with Gasteiger partial charge in [0.05, 0.1) is 0 Å². The molecule has 0 atom stereocenters. The second-order valence-electron chi connectivity index (χ2n) is 6.86. The van der Waals surface area contributed by atoms with Gasteiger partial charge in [-0.15, -0.1) is 0 Å². The largest absolute Gasteiger partial charge is 0.353 e. The average Bonchev–Trinajstić information content (AvgIpc) is 2.68. The summed E-state index contributed by atoms with van der Waals surface area (Å²) in [5.41, 5.74) is 3.20. The van der Waals surface area contributed by atoms with Crippen LogP contribution in [0, 0.1) is 5.41 Å². The lowest BCUT2D eigenvalue weighted by Gasteiger charge is -2.27. The van der Waals surface area contributed by atoms with E-state index >= 15 is 0 Å². The van der Waals surface area contributed by atoms with Crippen LogP contribution in [-0.2, 0) is 13.0 Å². The molecule has 142 valence electrons. The summed E-state index contributed by atoms with van der Waals surface area (Å²) in [6.07, 6.45) is 2.71. The van der Waals surface area contributed by atoms with Gasteiger partial charge in [-0.1, -0.05) is 6.07 Å². The third-order valence-corrected chi connectivity index (χ3v) is 4.69. The Bertz CT molecular complexity index is 848. The first-order valence-electron chi connectivity index (χ1n) is 9.32. The number of carbonyl (C=O) groups excluding carboxylic acids is 1. The minimum atomic E-state index is -0.296. The molecule has 0 fully saturated rings. The second-order valence-corrected chi connectivity index (χ2v) is 6.86. The molecule has 0 aliphatic carbocycles. The molecule has 1 amide bonds. The predicted octanol–water partition coefficient (Wildman–Crippen LogP) is 2.43. The molecule has 2 aromatic heterocycles. The third kappa shape index (κ3) is 4.31. The number of nitrogens with one attached hydrogen (secondary N) is 3. The van der Waals surface area contributed by atoms with Crippen LogP contribution in [-0.4, -0.2) is 45.7 Å². The molecule has 3 rings (SSSR count). The minimum absolute atomic E-state index is 0.204. The van der Waals surface area contributed by atoms with E-state index in [9.17, 15) is 4.79 Å². The van der Waals surface area contributed by atoms with Crippen LogP contribution in [0.4, 0.5) is 5.82 Å². The molecule has 0 spiro atoms. The Morgan fingerprint density at radius 1 is 1.33 bits per heavy atom. The first-order chi connectivity index (χ1) is 13.0. The highest BCUT2D eigenvalue weighted by Crippen LogP contribution is 2.15. The summed E-state index contributed by atoms with van der Waals surface area (Å²) < 4.78 is 0. The van der Waals surface area contributed by atoms with Crippen LogP contribution < -0.4 is 10.6 Å². The SMILES string of the molecule is CCN(C(=N)c1cccc(NC(=O)c2cc3c(cn2)CCNC3)n1)C(C)C. The quantitative estimate of drug-likeness (QED) is 0.558. The smallest absolute Gasteiger partial charge is 0.275 e. The van der Waals surface area contributed by atoms with Gasteiger partial charge < -0.3 is 15.5 Å². The van der Waals surface area contributed by atoms with Gasteiger partial charge in [0.2, 0.25) is 0 Å². The first-order valence-corrected chi connectivity index (χ1v) is 9.32. The van der Waals surface area contributed by atoms with Gasteiger partial charge in [-0.05, 0) is 63.1 Å². The normalized spacial score (nSPS) is 13.2. The lowest BCUT2D eigenvalue weighted by Crippen LogP contribution is -2.37. The number of fused-ring (bicyclic) bond motifs is 1. The maximum absolute atomic E-state index is 12.6. The monoisotopic (exact) mass is 366 g/mol. The zero-order valence-electron chi connectivity index (χ0n) is 16.0. The summed E-state index contributed by atoms with van der Waals surface area (Å²) in [7, 11) is 0. The highest BCUT2D eigenvalue weighted by atomic mass is 16.1. The van der Waals surface area contributed by atoms with Crippen LogP contribution in [0.25, 0.3) is 0 Å². The maximum Gasteiger partial charge on any atom is 0.275 e. The summed E-state index contributed by atoms with van der Waals surface area (Å²) in [4.78, 5) is 23.3. The summed E-state index contributed by atoms with van der Waals surface area (Å²) in [6.45, 7) is 8.51. The summed E-state index contributed by atoms with van der Waals surface area (Å²) >= 11 is 0. The van der Waals surface area contributed by atoms with Gasteiger partial charge in [-0.25, -0.2) is 4.98 Å². The van der Waals surface area contributed by atoms with Crippen LogP contribution in [0.2, 0.25) is 0 Å². The van der Waals surface area contributed by atoms with E-state index in [0.29, 0.717) is 23.0 Å². The Morgan fingerprint density at radius 3 is 2.89 bits per heavy atom. The Labute approximate surface area is 159 Å². The number of pyridine rings is 2. The second kappa shape index (κ2) is 8.26.